The van der Waals surface area contributed by atoms with Gasteiger partial charge in [-0.15, -0.1) is 0 Å². The number of rotatable bonds is 3. The molecule has 2 aromatic rings. The normalized spacial score (nSPS) is 12.5. The van der Waals surface area contributed by atoms with Crippen LogP contribution in [-0.4, -0.2) is 12.4 Å². The van der Waals surface area contributed by atoms with Crippen LogP contribution < -0.4 is 9.47 Å². The first-order chi connectivity index (χ1) is 10.2. The molecule has 0 unspecified atom stereocenters. The first kappa shape index (κ1) is 13.1. The fourth-order valence-electron chi connectivity index (χ4n) is 2.08. The van der Waals surface area contributed by atoms with Crippen molar-refractivity contribution < 1.29 is 18.7 Å². The van der Waals surface area contributed by atoms with Gasteiger partial charge in [0.15, 0.2) is 6.61 Å². The second-order valence-corrected chi connectivity index (χ2v) is 4.58. The molecule has 1 aliphatic heterocycles. The number of hydrogen-bond acceptors (Lipinski definition) is 4. The number of fused-ring (bicyclic) bond motifs is 1. The molecule has 0 radical (unpaired) electrons. The average molecular weight is 283 g/mol. The van der Waals surface area contributed by atoms with Crippen LogP contribution in [0.3, 0.4) is 0 Å². The Morgan fingerprint density at radius 1 is 1.29 bits per heavy atom. The van der Waals surface area contributed by atoms with Gasteiger partial charge in [0, 0.05) is 6.07 Å². The lowest BCUT2D eigenvalue weighted by Gasteiger charge is -2.08. The number of nitriles is 1. The fraction of sp³-hybridized carbons (Fsp3) is 0.125. The van der Waals surface area contributed by atoms with Crippen LogP contribution in [0.4, 0.5) is 4.39 Å². The molecule has 0 amide bonds. The largest absolute Gasteiger partial charge is 0.489 e. The van der Waals surface area contributed by atoms with Gasteiger partial charge in [0.1, 0.15) is 30.0 Å². The Labute approximate surface area is 120 Å². The van der Waals surface area contributed by atoms with E-state index < -0.39 is 5.82 Å². The van der Waals surface area contributed by atoms with E-state index in [1.165, 1.54) is 12.1 Å². The van der Waals surface area contributed by atoms with Crippen LogP contribution in [0.15, 0.2) is 36.4 Å². The minimum Gasteiger partial charge on any atom is -0.489 e. The molecular formula is C16H10FNO3. The second-order valence-electron chi connectivity index (χ2n) is 4.58. The predicted octanol–water partition coefficient (Wildman–Crippen LogP) is 2.85. The number of carbonyl (C=O) groups is 1. The van der Waals surface area contributed by atoms with Crippen molar-refractivity contribution in [3.8, 4) is 17.6 Å². The molecule has 0 saturated heterocycles. The summed E-state index contributed by atoms with van der Waals surface area (Å²) in [5.41, 5.74) is 1.22. The summed E-state index contributed by atoms with van der Waals surface area (Å²) in [5.74, 6) is 0.458. The number of carbonyl (C=O) groups excluding carboxylic acids is 1. The lowest BCUT2D eigenvalue weighted by molar-refractivity contribution is 0.0961. The highest BCUT2D eigenvalue weighted by molar-refractivity contribution is 6.02. The Morgan fingerprint density at radius 2 is 2.14 bits per heavy atom. The summed E-state index contributed by atoms with van der Waals surface area (Å²) in [6, 6.07) is 11.0. The first-order valence-corrected chi connectivity index (χ1v) is 6.29. The van der Waals surface area contributed by atoms with Crippen LogP contribution in [0.1, 0.15) is 21.5 Å². The van der Waals surface area contributed by atoms with E-state index in [0.29, 0.717) is 22.6 Å². The fourth-order valence-corrected chi connectivity index (χ4v) is 2.08. The van der Waals surface area contributed by atoms with Crippen molar-refractivity contribution in [3.05, 3.63) is 58.9 Å². The Bertz CT molecular complexity index is 765. The monoisotopic (exact) mass is 283 g/mol. The zero-order chi connectivity index (χ0) is 14.8. The van der Waals surface area contributed by atoms with E-state index in [2.05, 4.69) is 0 Å². The highest BCUT2D eigenvalue weighted by Crippen LogP contribution is 2.29. The van der Waals surface area contributed by atoms with E-state index in [1.54, 1.807) is 30.3 Å². The van der Waals surface area contributed by atoms with Gasteiger partial charge < -0.3 is 9.47 Å². The van der Waals surface area contributed by atoms with Crippen LogP contribution in [-0.2, 0) is 6.61 Å². The number of ether oxygens (including phenoxy) is 2. The van der Waals surface area contributed by atoms with Gasteiger partial charge in [0.25, 0.3) is 0 Å². The van der Waals surface area contributed by atoms with E-state index in [-0.39, 0.29) is 24.6 Å². The Balaban J connectivity index is 1.74. The maximum Gasteiger partial charge on any atom is 0.203 e. The number of benzene rings is 2. The molecule has 3 rings (SSSR count). The number of ketones is 1. The summed E-state index contributed by atoms with van der Waals surface area (Å²) in [6.07, 6.45) is 0. The summed E-state index contributed by atoms with van der Waals surface area (Å²) in [7, 11) is 0. The van der Waals surface area contributed by atoms with E-state index in [1.807, 2.05) is 0 Å². The molecule has 0 spiro atoms. The molecule has 0 fully saturated rings. The average Bonchev–Trinajstić information content (AvgIpc) is 2.87. The minimum atomic E-state index is -0.550. The summed E-state index contributed by atoms with van der Waals surface area (Å²) in [4.78, 5) is 11.4. The molecule has 21 heavy (non-hydrogen) atoms. The third-order valence-electron chi connectivity index (χ3n) is 3.17. The summed E-state index contributed by atoms with van der Waals surface area (Å²) in [6.45, 7) is 0.254. The van der Waals surface area contributed by atoms with Gasteiger partial charge in [-0.2, -0.15) is 5.26 Å². The van der Waals surface area contributed by atoms with Gasteiger partial charge in [0.05, 0.1) is 11.1 Å². The zero-order valence-corrected chi connectivity index (χ0v) is 10.9. The number of nitrogens with zero attached hydrogens (tertiary/aromatic N) is 1. The van der Waals surface area contributed by atoms with Crippen molar-refractivity contribution in [1.82, 2.24) is 0 Å². The third kappa shape index (κ3) is 2.56. The lowest BCUT2D eigenvalue weighted by atomic mass is 10.1. The van der Waals surface area contributed by atoms with Crippen molar-refractivity contribution in [2.24, 2.45) is 0 Å². The summed E-state index contributed by atoms with van der Waals surface area (Å²) >= 11 is 0. The van der Waals surface area contributed by atoms with Gasteiger partial charge in [-0.1, -0.05) is 6.07 Å². The molecular weight excluding hydrogens is 273 g/mol. The van der Waals surface area contributed by atoms with Crippen LogP contribution in [0.2, 0.25) is 0 Å². The smallest absolute Gasteiger partial charge is 0.203 e. The molecule has 5 heteroatoms. The van der Waals surface area contributed by atoms with E-state index in [0.717, 1.165) is 0 Å². The topological polar surface area (TPSA) is 59.3 Å². The van der Waals surface area contributed by atoms with Crippen molar-refractivity contribution in [1.29, 1.82) is 5.26 Å². The van der Waals surface area contributed by atoms with Crippen LogP contribution in [0.25, 0.3) is 0 Å². The number of Topliss-reactive ketones (excluding diaryl/α,β-unsaturated/α-hetero) is 1. The molecule has 1 aliphatic rings. The molecule has 0 bridgehead atoms. The van der Waals surface area contributed by atoms with Crippen molar-refractivity contribution in [2.75, 3.05) is 6.61 Å². The van der Waals surface area contributed by atoms with Crippen molar-refractivity contribution >= 4 is 5.78 Å². The SMILES string of the molecule is N#Cc1cc(COc2ccc3c(c2)OCC3=O)ccc1F. The van der Waals surface area contributed by atoms with Gasteiger partial charge in [-0.05, 0) is 29.8 Å². The molecule has 0 aliphatic carbocycles. The maximum atomic E-state index is 13.2. The molecule has 2 aromatic carbocycles. The molecule has 104 valence electrons. The lowest BCUT2D eigenvalue weighted by Crippen LogP contribution is -1.98. The number of hydrogen-bond donors (Lipinski definition) is 0. The summed E-state index contributed by atoms with van der Waals surface area (Å²) < 4.78 is 24.0. The Kier molecular flexibility index (Phi) is 3.28. The standard InChI is InChI=1S/C16H10FNO3/c17-14-4-1-10(5-11(14)7-18)8-20-12-2-3-13-15(19)9-21-16(13)6-12/h1-6H,8-9H2. The van der Waals surface area contributed by atoms with Crippen molar-refractivity contribution in [2.45, 2.75) is 6.61 Å². The van der Waals surface area contributed by atoms with Crippen LogP contribution in [0, 0.1) is 17.1 Å². The highest BCUT2D eigenvalue weighted by Gasteiger charge is 2.21. The maximum absolute atomic E-state index is 13.2. The number of halogens is 1. The Morgan fingerprint density at radius 3 is 2.95 bits per heavy atom. The van der Waals surface area contributed by atoms with Crippen LogP contribution >= 0.6 is 0 Å². The second kappa shape index (κ2) is 5.25. The van der Waals surface area contributed by atoms with Gasteiger partial charge in [-0.3, -0.25) is 4.79 Å². The Hall–Kier alpha value is -2.87. The molecule has 0 N–H and O–H groups in total. The molecule has 0 saturated carbocycles. The molecule has 0 atom stereocenters. The molecule has 0 aromatic heterocycles. The quantitative estimate of drug-likeness (QED) is 0.869. The van der Waals surface area contributed by atoms with E-state index in [4.69, 9.17) is 14.7 Å². The zero-order valence-electron chi connectivity index (χ0n) is 10.9. The van der Waals surface area contributed by atoms with E-state index >= 15 is 0 Å². The predicted molar refractivity (Wildman–Crippen MR) is 71.7 cm³/mol. The van der Waals surface area contributed by atoms with Crippen molar-refractivity contribution in [3.63, 3.8) is 0 Å². The third-order valence-corrected chi connectivity index (χ3v) is 3.17. The van der Waals surface area contributed by atoms with Gasteiger partial charge >= 0.3 is 0 Å². The van der Waals surface area contributed by atoms with Gasteiger partial charge in [0.2, 0.25) is 5.78 Å². The molecule has 4 nitrogen and oxygen atoms in total. The van der Waals surface area contributed by atoms with Crippen LogP contribution in [0.5, 0.6) is 11.5 Å². The molecule has 1 heterocycles. The minimum absolute atomic E-state index is 0.0148. The van der Waals surface area contributed by atoms with Gasteiger partial charge in [-0.25, -0.2) is 4.39 Å². The summed E-state index contributed by atoms with van der Waals surface area (Å²) in [5, 5.41) is 8.78. The van der Waals surface area contributed by atoms with E-state index in [9.17, 15) is 9.18 Å². The highest BCUT2D eigenvalue weighted by atomic mass is 19.1. The first-order valence-electron chi connectivity index (χ1n) is 6.29.